The maximum Gasteiger partial charge on any atom is 0.220 e. The van der Waals surface area contributed by atoms with E-state index < -0.39 is 43.2 Å². The van der Waals surface area contributed by atoms with Crippen LogP contribution in [0.1, 0.15) is 251 Å². The summed E-state index contributed by atoms with van der Waals surface area (Å²) in [5.41, 5.74) is 0. The van der Waals surface area contributed by atoms with Crippen molar-refractivity contribution >= 4 is 5.91 Å². The van der Waals surface area contributed by atoms with E-state index in [2.05, 4.69) is 19.2 Å². The predicted molar refractivity (Wildman–Crippen MR) is 242 cm³/mol. The largest absolute Gasteiger partial charge is 0.394 e. The SMILES string of the molecule is CCCCCCCCCCCCCCCCCCCCCCCCCC(=O)N[C@@H](COC[C@H](O)[C@@H](O)[C@@H](O)CO)[C@H](O)[C@H](O)CCCCCCCCCCCCCC. The predicted octanol–water partition coefficient (Wildman–Crippen LogP) is 10.8. The number of amides is 1. The van der Waals surface area contributed by atoms with E-state index in [1.807, 2.05) is 0 Å². The number of carbonyl (C=O) groups is 1. The lowest BCUT2D eigenvalue weighted by molar-refractivity contribution is -0.126. The van der Waals surface area contributed by atoms with Crippen LogP contribution in [0.3, 0.4) is 0 Å². The van der Waals surface area contributed by atoms with Gasteiger partial charge in [-0.15, -0.1) is 0 Å². The Bertz CT molecular complexity index is 835. The van der Waals surface area contributed by atoms with Gasteiger partial charge in [0.1, 0.15) is 24.4 Å². The lowest BCUT2D eigenvalue weighted by atomic mass is 9.99. The minimum absolute atomic E-state index is 0.180. The Morgan fingerprint density at radius 3 is 1.09 bits per heavy atom. The van der Waals surface area contributed by atoms with Crippen LogP contribution in [0.15, 0.2) is 0 Å². The first-order valence-electron chi connectivity index (χ1n) is 25.2. The molecular formula is C49H99NO8. The zero-order valence-electron chi connectivity index (χ0n) is 38.2. The monoisotopic (exact) mass is 830 g/mol. The maximum atomic E-state index is 12.9. The highest BCUT2D eigenvalue weighted by Gasteiger charge is 2.29. The second-order valence-electron chi connectivity index (χ2n) is 17.8. The highest BCUT2D eigenvalue weighted by atomic mass is 16.5. The van der Waals surface area contributed by atoms with Crippen molar-refractivity contribution in [2.45, 2.75) is 288 Å². The molecule has 0 unspecified atom stereocenters. The molecule has 0 aromatic carbocycles. The average Bonchev–Trinajstić information content (AvgIpc) is 3.22. The van der Waals surface area contributed by atoms with Crippen LogP contribution in [0.2, 0.25) is 0 Å². The molecule has 7 N–H and O–H groups in total. The standard InChI is InChI=1S/C49H99NO8/c1-3-5-7-9-11-13-15-17-18-19-20-21-22-23-24-25-26-27-29-31-33-35-37-39-47(55)50-43(41-58-42-46(54)49(57)45(53)40-51)48(56)44(52)38-36-34-32-30-28-16-14-12-10-8-6-4-2/h43-46,48-49,51-54,56-57H,3-42H2,1-2H3,(H,50,55)/t43-,44+,45-,46-,48-,49-/m0/s1. The number of ether oxygens (including phenoxy) is 1. The van der Waals surface area contributed by atoms with Gasteiger partial charge >= 0.3 is 0 Å². The fourth-order valence-corrected chi connectivity index (χ4v) is 7.99. The molecule has 0 rings (SSSR count). The normalized spacial score (nSPS) is 15.0. The van der Waals surface area contributed by atoms with E-state index in [1.54, 1.807) is 0 Å². The Balaban J connectivity index is 4.17. The Labute approximate surface area is 358 Å². The number of aliphatic hydroxyl groups excluding tert-OH is 6. The molecule has 0 bridgehead atoms. The summed E-state index contributed by atoms with van der Waals surface area (Å²) in [6.45, 7) is 3.27. The van der Waals surface area contributed by atoms with Gasteiger partial charge in [-0.1, -0.05) is 232 Å². The molecule has 0 heterocycles. The molecule has 0 saturated carbocycles. The number of hydrogen-bond acceptors (Lipinski definition) is 8. The van der Waals surface area contributed by atoms with Crippen molar-refractivity contribution in [1.29, 1.82) is 0 Å². The average molecular weight is 830 g/mol. The van der Waals surface area contributed by atoms with Crippen LogP contribution < -0.4 is 5.32 Å². The van der Waals surface area contributed by atoms with Gasteiger partial charge in [-0.2, -0.15) is 0 Å². The first-order chi connectivity index (χ1) is 28.3. The third-order valence-corrected chi connectivity index (χ3v) is 12.1. The number of hydrogen-bond donors (Lipinski definition) is 7. The summed E-state index contributed by atoms with van der Waals surface area (Å²) in [5, 5.41) is 63.4. The van der Waals surface area contributed by atoms with Gasteiger partial charge in [0.05, 0.1) is 32.0 Å². The lowest BCUT2D eigenvalue weighted by Gasteiger charge is -2.29. The van der Waals surface area contributed by atoms with E-state index in [0.29, 0.717) is 12.8 Å². The molecule has 0 aromatic rings. The molecule has 0 saturated heterocycles. The molecule has 0 spiro atoms. The van der Waals surface area contributed by atoms with E-state index in [0.717, 1.165) is 38.5 Å². The van der Waals surface area contributed by atoms with Crippen LogP contribution in [0.4, 0.5) is 0 Å². The topological polar surface area (TPSA) is 160 Å². The highest BCUT2D eigenvalue weighted by Crippen LogP contribution is 2.18. The molecule has 0 radical (unpaired) electrons. The highest BCUT2D eigenvalue weighted by molar-refractivity contribution is 5.76. The van der Waals surface area contributed by atoms with E-state index in [9.17, 15) is 30.3 Å². The van der Waals surface area contributed by atoms with Gasteiger partial charge in [-0.05, 0) is 12.8 Å². The summed E-state index contributed by atoms with van der Waals surface area (Å²) in [6, 6.07) is -0.892. The second kappa shape index (κ2) is 44.3. The van der Waals surface area contributed by atoms with Crippen LogP contribution in [-0.4, -0.2) is 92.9 Å². The molecule has 1 amide bonds. The molecule has 9 nitrogen and oxygen atoms in total. The lowest BCUT2D eigenvalue weighted by Crippen LogP contribution is -2.51. The molecule has 0 aromatic heterocycles. The smallest absolute Gasteiger partial charge is 0.220 e. The van der Waals surface area contributed by atoms with Crippen molar-refractivity contribution in [3.8, 4) is 0 Å². The van der Waals surface area contributed by atoms with Gasteiger partial charge < -0.3 is 40.7 Å². The first kappa shape index (κ1) is 57.2. The van der Waals surface area contributed by atoms with E-state index in [-0.39, 0.29) is 19.1 Å². The Hall–Kier alpha value is -0.810. The van der Waals surface area contributed by atoms with Gasteiger partial charge in [0.2, 0.25) is 5.91 Å². The Morgan fingerprint density at radius 2 is 0.741 bits per heavy atom. The maximum absolute atomic E-state index is 12.9. The van der Waals surface area contributed by atoms with Crippen molar-refractivity contribution in [2.24, 2.45) is 0 Å². The fourth-order valence-electron chi connectivity index (χ4n) is 7.99. The van der Waals surface area contributed by atoms with Crippen molar-refractivity contribution in [2.75, 3.05) is 19.8 Å². The molecule has 0 aliphatic carbocycles. The van der Waals surface area contributed by atoms with Crippen LogP contribution in [0, 0.1) is 0 Å². The zero-order valence-corrected chi connectivity index (χ0v) is 38.2. The molecular weight excluding hydrogens is 731 g/mol. The van der Waals surface area contributed by atoms with Crippen LogP contribution >= 0.6 is 0 Å². The van der Waals surface area contributed by atoms with Crippen molar-refractivity contribution in [1.82, 2.24) is 5.32 Å². The summed E-state index contributed by atoms with van der Waals surface area (Å²) < 4.78 is 5.53. The quantitative estimate of drug-likeness (QED) is 0.0299. The van der Waals surface area contributed by atoms with Gasteiger partial charge in [-0.3, -0.25) is 4.79 Å². The van der Waals surface area contributed by atoms with Gasteiger partial charge in [0, 0.05) is 6.42 Å². The number of nitrogens with one attached hydrogen (secondary N) is 1. The summed E-state index contributed by atoms with van der Waals surface area (Å²) in [5.74, 6) is -0.218. The molecule has 348 valence electrons. The van der Waals surface area contributed by atoms with Gasteiger partial charge in [0.15, 0.2) is 0 Å². The summed E-state index contributed by atoms with van der Waals surface area (Å²) in [7, 11) is 0. The molecule has 0 fully saturated rings. The number of carbonyl (C=O) groups excluding carboxylic acids is 1. The van der Waals surface area contributed by atoms with Crippen molar-refractivity contribution in [3.05, 3.63) is 0 Å². The summed E-state index contributed by atoms with van der Waals surface area (Å²) in [4.78, 5) is 12.9. The molecule has 58 heavy (non-hydrogen) atoms. The third-order valence-electron chi connectivity index (χ3n) is 12.1. The number of rotatable bonds is 47. The van der Waals surface area contributed by atoms with E-state index >= 15 is 0 Å². The molecule has 0 aliphatic heterocycles. The molecule has 6 atom stereocenters. The van der Waals surface area contributed by atoms with Gasteiger partial charge in [-0.25, -0.2) is 0 Å². The zero-order chi connectivity index (χ0) is 42.7. The molecule has 9 heteroatoms. The van der Waals surface area contributed by atoms with Crippen LogP contribution in [0.5, 0.6) is 0 Å². The molecule has 0 aliphatic rings. The van der Waals surface area contributed by atoms with Crippen molar-refractivity contribution < 1.29 is 40.2 Å². The van der Waals surface area contributed by atoms with Gasteiger partial charge in [0.25, 0.3) is 0 Å². The Kier molecular flexibility index (Phi) is 43.6. The third kappa shape index (κ3) is 37.0. The van der Waals surface area contributed by atoms with E-state index in [1.165, 1.54) is 186 Å². The Morgan fingerprint density at radius 1 is 0.414 bits per heavy atom. The summed E-state index contributed by atoms with van der Waals surface area (Å²) >= 11 is 0. The number of unbranched alkanes of at least 4 members (excludes halogenated alkanes) is 33. The second-order valence-corrected chi connectivity index (χ2v) is 17.8. The van der Waals surface area contributed by atoms with E-state index in [4.69, 9.17) is 9.84 Å². The fraction of sp³-hybridized carbons (Fsp3) is 0.980. The van der Waals surface area contributed by atoms with Crippen molar-refractivity contribution in [3.63, 3.8) is 0 Å². The minimum Gasteiger partial charge on any atom is -0.394 e. The summed E-state index contributed by atoms with van der Waals surface area (Å²) in [6.07, 6.45) is 38.6. The number of aliphatic hydroxyl groups is 6. The van der Waals surface area contributed by atoms with Crippen LogP contribution in [-0.2, 0) is 9.53 Å². The first-order valence-corrected chi connectivity index (χ1v) is 25.2. The minimum atomic E-state index is -1.60. The van der Waals surface area contributed by atoms with Crippen LogP contribution in [0.25, 0.3) is 0 Å².